The van der Waals surface area contributed by atoms with Gasteiger partial charge in [0.05, 0.1) is 11.1 Å². The summed E-state index contributed by atoms with van der Waals surface area (Å²) in [7, 11) is 0. The summed E-state index contributed by atoms with van der Waals surface area (Å²) in [6.07, 6.45) is 1.00. The highest BCUT2D eigenvalue weighted by Crippen LogP contribution is 2.26. The molecule has 126 valence electrons. The molecule has 24 heavy (non-hydrogen) atoms. The molecule has 0 radical (unpaired) electrons. The quantitative estimate of drug-likeness (QED) is 0.835. The van der Waals surface area contributed by atoms with Crippen molar-refractivity contribution in [3.05, 3.63) is 35.4 Å². The first-order valence-corrected chi connectivity index (χ1v) is 7.91. The number of hydrogen-bond acceptors (Lipinski definition) is 4. The van der Waals surface area contributed by atoms with Crippen LogP contribution >= 0.6 is 0 Å². The van der Waals surface area contributed by atoms with Crippen LogP contribution in [-0.2, 0) is 9.59 Å². The molecule has 2 heterocycles. The average molecular weight is 330 g/mol. The van der Waals surface area contributed by atoms with E-state index >= 15 is 0 Å². The second kappa shape index (κ2) is 6.07. The lowest BCUT2D eigenvalue weighted by Crippen LogP contribution is -2.45. The molecule has 3 amide bonds. The van der Waals surface area contributed by atoms with Crippen molar-refractivity contribution >= 4 is 23.7 Å². The SMILES string of the molecule is CC(CC(=O)N1CCC[C@H]1C(=O)O)N1C(=O)c2ccccc2C1=O. The Balaban J connectivity index is 1.73. The molecular formula is C17H18N2O5. The molecule has 3 rings (SSSR count). The largest absolute Gasteiger partial charge is 0.480 e. The third-order valence-corrected chi connectivity index (χ3v) is 4.59. The summed E-state index contributed by atoms with van der Waals surface area (Å²) in [5.74, 6) is -2.18. The summed E-state index contributed by atoms with van der Waals surface area (Å²) in [5, 5.41) is 9.17. The van der Waals surface area contributed by atoms with Gasteiger partial charge < -0.3 is 10.0 Å². The van der Waals surface area contributed by atoms with Gasteiger partial charge in [0.25, 0.3) is 11.8 Å². The van der Waals surface area contributed by atoms with Crippen LogP contribution in [0.2, 0.25) is 0 Å². The summed E-state index contributed by atoms with van der Waals surface area (Å²) in [5.41, 5.74) is 0.678. The molecule has 0 spiro atoms. The zero-order valence-corrected chi connectivity index (χ0v) is 13.3. The molecule has 7 nitrogen and oxygen atoms in total. The molecule has 0 aliphatic carbocycles. The number of carboxylic acids is 1. The third-order valence-electron chi connectivity index (χ3n) is 4.59. The van der Waals surface area contributed by atoms with E-state index in [9.17, 15) is 19.2 Å². The van der Waals surface area contributed by atoms with Crippen molar-refractivity contribution in [3.63, 3.8) is 0 Å². The number of imide groups is 1. The van der Waals surface area contributed by atoms with Crippen molar-refractivity contribution in [2.24, 2.45) is 0 Å². The van der Waals surface area contributed by atoms with Crippen molar-refractivity contribution < 1.29 is 24.3 Å². The molecule has 2 atom stereocenters. The average Bonchev–Trinajstić information content (AvgIpc) is 3.12. The lowest BCUT2D eigenvalue weighted by Gasteiger charge is -2.26. The van der Waals surface area contributed by atoms with Crippen molar-refractivity contribution in [1.29, 1.82) is 0 Å². The number of likely N-dealkylation sites (tertiary alicyclic amines) is 1. The fourth-order valence-corrected chi connectivity index (χ4v) is 3.39. The number of carboxylic acid groups (broad SMARTS) is 1. The molecule has 1 aromatic rings. The molecule has 1 N–H and O–H groups in total. The number of benzene rings is 1. The predicted octanol–water partition coefficient (Wildman–Crippen LogP) is 1.14. The zero-order chi connectivity index (χ0) is 17.4. The van der Waals surface area contributed by atoms with E-state index in [0.717, 1.165) is 4.90 Å². The smallest absolute Gasteiger partial charge is 0.326 e. The van der Waals surface area contributed by atoms with Crippen LogP contribution in [0.15, 0.2) is 24.3 Å². The van der Waals surface area contributed by atoms with Gasteiger partial charge >= 0.3 is 5.97 Å². The Morgan fingerprint density at radius 1 is 1.21 bits per heavy atom. The number of carbonyl (C=O) groups is 4. The molecule has 2 aliphatic rings. The molecule has 1 fully saturated rings. The van der Waals surface area contributed by atoms with Crippen LogP contribution in [0.3, 0.4) is 0 Å². The van der Waals surface area contributed by atoms with Gasteiger partial charge in [0, 0.05) is 19.0 Å². The molecule has 1 aromatic carbocycles. The van der Waals surface area contributed by atoms with Crippen LogP contribution in [0.25, 0.3) is 0 Å². The minimum Gasteiger partial charge on any atom is -0.480 e. The summed E-state index contributed by atoms with van der Waals surface area (Å²) >= 11 is 0. The fraction of sp³-hybridized carbons (Fsp3) is 0.412. The normalized spacial score (nSPS) is 21.1. The first-order valence-electron chi connectivity index (χ1n) is 7.91. The Morgan fingerprint density at radius 3 is 2.33 bits per heavy atom. The van der Waals surface area contributed by atoms with Crippen LogP contribution < -0.4 is 0 Å². The van der Waals surface area contributed by atoms with E-state index in [0.29, 0.717) is 30.5 Å². The number of hydrogen-bond donors (Lipinski definition) is 1. The van der Waals surface area contributed by atoms with E-state index in [1.165, 1.54) is 4.90 Å². The van der Waals surface area contributed by atoms with Crippen LogP contribution in [0.4, 0.5) is 0 Å². The first kappa shape index (κ1) is 16.2. The Hall–Kier alpha value is -2.70. The fourth-order valence-electron chi connectivity index (χ4n) is 3.39. The van der Waals surface area contributed by atoms with Crippen LogP contribution in [0.1, 0.15) is 46.9 Å². The Morgan fingerprint density at radius 2 is 1.79 bits per heavy atom. The number of fused-ring (bicyclic) bond motifs is 1. The third kappa shape index (κ3) is 2.55. The van der Waals surface area contributed by atoms with Gasteiger partial charge in [-0.2, -0.15) is 0 Å². The van der Waals surface area contributed by atoms with Crippen LogP contribution in [0, 0.1) is 0 Å². The van der Waals surface area contributed by atoms with Gasteiger partial charge in [0.2, 0.25) is 5.91 Å². The van der Waals surface area contributed by atoms with E-state index < -0.39 is 29.9 Å². The number of amides is 3. The van der Waals surface area contributed by atoms with Crippen molar-refractivity contribution in [3.8, 4) is 0 Å². The number of carbonyl (C=O) groups excluding carboxylic acids is 3. The zero-order valence-electron chi connectivity index (χ0n) is 13.3. The number of aliphatic carboxylic acids is 1. The van der Waals surface area contributed by atoms with Crippen molar-refractivity contribution in [2.75, 3.05) is 6.54 Å². The number of rotatable bonds is 4. The Bertz CT molecular complexity index is 694. The van der Waals surface area contributed by atoms with Crippen molar-refractivity contribution in [2.45, 2.75) is 38.3 Å². The van der Waals surface area contributed by atoms with Crippen LogP contribution in [0.5, 0.6) is 0 Å². The summed E-state index contributed by atoms with van der Waals surface area (Å²) in [4.78, 5) is 50.9. The highest BCUT2D eigenvalue weighted by molar-refractivity contribution is 6.21. The molecular weight excluding hydrogens is 312 g/mol. The Kier molecular flexibility index (Phi) is 4.09. The van der Waals surface area contributed by atoms with Gasteiger partial charge in [-0.15, -0.1) is 0 Å². The standard InChI is InChI=1S/C17H18N2O5/c1-10(9-14(20)18-8-4-7-13(18)17(23)24)19-15(21)11-5-2-3-6-12(11)16(19)22/h2-3,5-6,10,13H,4,7-9H2,1H3,(H,23,24)/t10?,13-/m0/s1. The first-order chi connectivity index (χ1) is 11.4. The summed E-state index contributed by atoms with van der Waals surface area (Å²) < 4.78 is 0. The summed E-state index contributed by atoms with van der Waals surface area (Å²) in [6, 6.07) is 5.11. The maximum Gasteiger partial charge on any atom is 0.326 e. The molecule has 0 aromatic heterocycles. The molecule has 1 saturated heterocycles. The maximum absolute atomic E-state index is 12.4. The molecule has 2 aliphatic heterocycles. The van der Waals surface area contributed by atoms with E-state index in [1.54, 1.807) is 31.2 Å². The second-order valence-corrected chi connectivity index (χ2v) is 6.16. The van der Waals surface area contributed by atoms with Gasteiger partial charge in [0.1, 0.15) is 6.04 Å². The molecule has 0 bridgehead atoms. The Labute approximate surface area is 138 Å². The topological polar surface area (TPSA) is 95.0 Å². The van der Waals surface area contributed by atoms with Crippen LogP contribution in [-0.4, -0.2) is 57.2 Å². The predicted molar refractivity (Wildman–Crippen MR) is 83.4 cm³/mol. The molecule has 1 unspecified atom stereocenters. The molecule has 0 saturated carbocycles. The van der Waals surface area contributed by atoms with Gasteiger partial charge in [-0.05, 0) is 31.9 Å². The minimum atomic E-state index is -1.02. The van der Waals surface area contributed by atoms with Gasteiger partial charge in [-0.1, -0.05) is 12.1 Å². The summed E-state index contributed by atoms with van der Waals surface area (Å²) in [6.45, 7) is 2.02. The van der Waals surface area contributed by atoms with Crippen molar-refractivity contribution in [1.82, 2.24) is 9.80 Å². The van der Waals surface area contributed by atoms with E-state index in [4.69, 9.17) is 5.11 Å². The highest BCUT2D eigenvalue weighted by atomic mass is 16.4. The van der Waals surface area contributed by atoms with Gasteiger partial charge in [-0.3, -0.25) is 19.3 Å². The molecule has 7 heteroatoms. The lowest BCUT2D eigenvalue weighted by atomic mass is 10.1. The lowest BCUT2D eigenvalue weighted by molar-refractivity contribution is -0.148. The van der Waals surface area contributed by atoms with E-state index in [1.807, 2.05) is 0 Å². The minimum absolute atomic E-state index is 0.0742. The maximum atomic E-state index is 12.4. The van der Waals surface area contributed by atoms with Gasteiger partial charge in [0.15, 0.2) is 0 Å². The van der Waals surface area contributed by atoms with E-state index in [-0.39, 0.29) is 12.3 Å². The monoisotopic (exact) mass is 330 g/mol. The van der Waals surface area contributed by atoms with E-state index in [2.05, 4.69) is 0 Å². The van der Waals surface area contributed by atoms with Gasteiger partial charge in [-0.25, -0.2) is 4.79 Å². The highest BCUT2D eigenvalue weighted by Gasteiger charge is 2.40. The second-order valence-electron chi connectivity index (χ2n) is 6.16. The number of nitrogens with zero attached hydrogens (tertiary/aromatic N) is 2.